The molecule has 0 fully saturated rings. The van der Waals surface area contributed by atoms with Crippen LogP contribution in [-0.2, 0) is 0 Å². The van der Waals surface area contributed by atoms with Gasteiger partial charge in [0, 0.05) is 22.7 Å². The molecule has 0 atom stereocenters. The second-order valence-corrected chi connectivity index (χ2v) is 9.12. The average molecular weight is 478 g/mol. The minimum atomic E-state index is 0.618. The van der Waals surface area contributed by atoms with E-state index in [4.69, 9.17) is 13.8 Å². The van der Waals surface area contributed by atoms with E-state index in [0.717, 1.165) is 60.9 Å². The van der Waals surface area contributed by atoms with Crippen LogP contribution < -0.4 is 4.90 Å². The summed E-state index contributed by atoms with van der Waals surface area (Å²) in [6.45, 7) is 0. The topological polar surface area (TPSA) is 55.3 Å². The summed E-state index contributed by atoms with van der Waals surface area (Å²) in [4.78, 5) is 11.6. The third-order valence-corrected chi connectivity index (χ3v) is 6.95. The van der Waals surface area contributed by atoms with Crippen LogP contribution in [0.5, 0.6) is 0 Å². The molecular weight excluding hydrogens is 458 g/mol. The molecule has 8 rings (SSSR count). The van der Waals surface area contributed by atoms with E-state index in [9.17, 15) is 0 Å². The maximum Gasteiger partial charge on any atom is 0.227 e. The molecule has 4 heterocycles. The van der Waals surface area contributed by atoms with Gasteiger partial charge in [-0.3, -0.25) is 4.98 Å². The number of para-hydroxylation sites is 2. The van der Waals surface area contributed by atoms with Crippen LogP contribution in [0.15, 0.2) is 124 Å². The lowest BCUT2D eigenvalue weighted by atomic mass is 10.1. The highest BCUT2D eigenvalue weighted by molar-refractivity contribution is 6.09. The van der Waals surface area contributed by atoms with Crippen molar-refractivity contribution in [3.05, 3.63) is 116 Å². The predicted molar refractivity (Wildman–Crippen MR) is 149 cm³/mol. The van der Waals surface area contributed by atoms with Crippen molar-refractivity contribution in [1.82, 2.24) is 9.97 Å². The van der Waals surface area contributed by atoms with Crippen molar-refractivity contribution in [1.29, 1.82) is 0 Å². The minimum Gasteiger partial charge on any atom is -0.452 e. The summed E-state index contributed by atoms with van der Waals surface area (Å²) in [6.07, 6.45) is 3.70. The van der Waals surface area contributed by atoms with Crippen LogP contribution in [0.2, 0.25) is 0 Å². The molecule has 0 bridgehead atoms. The van der Waals surface area contributed by atoms with Crippen molar-refractivity contribution < 1.29 is 8.83 Å². The zero-order valence-electron chi connectivity index (χ0n) is 19.6. The fourth-order valence-electron chi connectivity index (χ4n) is 5.23. The SMILES string of the molecule is c1ccc2cc(N(c3cnc4oc5ccccc5c4c3)c3ccnc4c3oc3ccccc34)ccc2c1. The Hall–Kier alpha value is -5.16. The molecule has 0 spiro atoms. The van der Waals surface area contributed by atoms with E-state index in [0.29, 0.717) is 5.71 Å². The van der Waals surface area contributed by atoms with Gasteiger partial charge in [0.2, 0.25) is 5.71 Å². The molecule has 0 aliphatic carbocycles. The number of aromatic nitrogens is 2. The summed E-state index contributed by atoms with van der Waals surface area (Å²) < 4.78 is 12.4. The Balaban J connectivity index is 1.44. The highest BCUT2D eigenvalue weighted by Crippen LogP contribution is 2.43. The van der Waals surface area contributed by atoms with Crippen LogP contribution >= 0.6 is 0 Å². The van der Waals surface area contributed by atoms with E-state index >= 15 is 0 Å². The van der Waals surface area contributed by atoms with Gasteiger partial charge in [-0.25, -0.2) is 4.98 Å². The van der Waals surface area contributed by atoms with Gasteiger partial charge in [-0.15, -0.1) is 0 Å². The molecule has 0 unspecified atom stereocenters. The number of pyridine rings is 2. The summed E-state index contributed by atoms with van der Waals surface area (Å²) in [5, 5.41) is 5.34. The van der Waals surface area contributed by atoms with Crippen LogP contribution in [0.25, 0.3) is 54.9 Å². The Morgan fingerprint density at radius 2 is 1.32 bits per heavy atom. The zero-order valence-corrected chi connectivity index (χ0v) is 19.6. The second kappa shape index (κ2) is 7.67. The first-order chi connectivity index (χ1) is 18.3. The van der Waals surface area contributed by atoms with Crippen molar-refractivity contribution in [2.24, 2.45) is 0 Å². The van der Waals surface area contributed by atoms with Crippen molar-refractivity contribution in [3.63, 3.8) is 0 Å². The third-order valence-electron chi connectivity index (χ3n) is 6.95. The Bertz CT molecular complexity index is 2120. The molecule has 4 aromatic carbocycles. The molecule has 0 aliphatic heterocycles. The summed E-state index contributed by atoms with van der Waals surface area (Å²) in [5.74, 6) is 0. The minimum absolute atomic E-state index is 0.618. The Morgan fingerprint density at radius 1 is 0.568 bits per heavy atom. The van der Waals surface area contributed by atoms with E-state index < -0.39 is 0 Å². The molecule has 0 N–H and O–H groups in total. The number of anilines is 3. The fraction of sp³-hybridized carbons (Fsp3) is 0. The highest BCUT2D eigenvalue weighted by Gasteiger charge is 2.21. The van der Waals surface area contributed by atoms with Gasteiger partial charge in [0.15, 0.2) is 5.58 Å². The molecule has 5 heteroatoms. The summed E-state index contributed by atoms with van der Waals surface area (Å²) >= 11 is 0. The maximum absolute atomic E-state index is 6.39. The van der Waals surface area contributed by atoms with E-state index in [-0.39, 0.29) is 0 Å². The van der Waals surface area contributed by atoms with Crippen LogP contribution in [0.3, 0.4) is 0 Å². The van der Waals surface area contributed by atoms with Gasteiger partial charge in [0.1, 0.15) is 16.7 Å². The zero-order chi connectivity index (χ0) is 24.3. The van der Waals surface area contributed by atoms with Crippen LogP contribution in [0.4, 0.5) is 17.1 Å². The van der Waals surface area contributed by atoms with Crippen molar-refractivity contribution in [2.75, 3.05) is 4.90 Å². The molecule has 0 radical (unpaired) electrons. The molecule has 0 amide bonds. The number of hydrogen-bond acceptors (Lipinski definition) is 5. The van der Waals surface area contributed by atoms with E-state index in [2.05, 4.69) is 64.5 Å². The largest absolute Gasteiger partial charge is 0.452 e. The first kappa shape index (κ1) is 20.1. The molecule has 0 saturated heterocycles. The highest BCUT2D eigenvalue weighted by atomic mass is 16.3. The quantitative estimate of drug-likeness (QED) is 0.254. The number of benzene rings is 4. The number of furan rings is 2. The van der Waals surface area contributed by atoms with E-state index in [1.165, 1.54) is 5.39 Å². The normalized spacial score (nSPS) is 11.8. The van der Waals surface area contributed by atoms with Gasteiger partial charge in [-0.2, -0.15) is 0 Å². The molecule has 8 aromatic rings. The Labute approximate surface area is 211 Å². The average Bonchev–Trinajstić information content (AvgIpc) is 3.52. The fourth-order valence-corrected chi connectivity index (χ4v) is 5.23. The lowest BCUT2D eigenvalue weighted by Crippen LogP contribution is -2.10. The first-order valence-corrected chi connectivity index (χ1v) is 12.2. The number of nitrogens with zero attached hydrogens (tertiary/aromatic N) is 3. The van der Waals surface area contributed by atoms with Gasteiger partial charge in [-0.05, 0) is 53.2 Å². The molecule has 174 valence electrons. The molecule has 37 heavy (non-hydrogen) atoms. The third kappa shape index (κ3) is 3.04. The summed E-state index contributed by atoms with van der Waals surface area (Å²) in [6, 6.07) is 35.0. The van der Waals surface area contributed by atoms with Crippen LogP contribution in [-0.4, -0.2) is 9.97 Å². The van der Waals surface area contributed by atoms with E-state index in [1.807, 2.05) is 60.9 Å². The lowest BCUT2D eigenvalue weighted by Gasteiger charge is -2.25. The number of fused-ring (bicyclic) bond motifs is 7. The van der Waals surface area contributed by atoms with Crippen LogP contribution in [0, 0.1) is 0 Å². The molecule has 0 saturated carbocycles. The molecule has 4 aromatic heterocycles. The molecular formula is C32H19N3O2. The van der Waals surface area contributed by atoms with Gasteiger partial charge in [0.25, 0.3) is 0 Å². The maximum atomic E-state index is 6.39. The number of rotatable bonds is 3. The number of hydrogen-bond donors (Lipinski definition) is 0. The smallest absolute Gasteiger partial charge is 0.227 e. The van der Waals surface area contributed by atoms with Gasteiger partial charge in [-0.1, -0.05) is 60.7 Å². The van der Waals surface area contributed by atoms with Crippen LogP contribution in [0.1, 0.15) is 0 Å². The molecule has 5 nitrogen and oxygen atoms in total. The van der Waals surface area contributed by atoms with Crippen molar-refractivity contribution in [2.45, 2.75) is 0 Å². The second-order valence-electron chi connectivity index (χ2n) is 9.12. The van der Waals surface area contributed by atoms with Gasteiger partial charge < -0.3 is 13.7 Å². The standard InChI is InChI=1S/C32H19N3O2/c1-2-8-21-17-22(14-13-20(21)7-1)35(23-18-26-24-9-3-5-11-28(24)37-32(26)34-19-23)27-15-16-33-30-25-10-4-6-12-29(25)36-31(27)30/h1-19H. The summed E-state index contributed by atoms with van der Waals surface area (Å²) in [5.41, 5.74) is 6.62. The van der Waals surface area contributed by atoms with Gasteiger partial charge in [0.05, 0.1) is 23.0 Å². The lowest BCUT2D eigenvalue weighted by molar-refractivity contribution is 0.654. The summed E-state index contributed by atoms with van der Waals surface area (Å²) in [7, 11) is 0. The first-order valence-electron chi connectivity index (χ1n) is 12.2. The predicted octanol–water partition coefficient (Wildman–Crippen LogP) is 8.90. The van der Waals surface area contributed by atoms with E-state index in [1.54, 1.807) is 0 Å². The molecule has 0 aliphatic rings. The van der Waals surface area contributed by atoms with Gasteiger partial charge >= 0.3 is 0 Å². The Kier molecular flexibility index (Phi) is 4.16. The van der Waals surface area contributed by atoms with Crippen molar-refractivity contribution in [3.8, 4) is 0 Å². The van der Waals surface area contributed by atoms with Crippen molar-refractivity contribution >= 4 is 72.0 Å². The Morgan fingerprint density at radius 3 is 2.22 bits per heavy atom. The monoisotopic (exact) mass is 477 g/mol.